The first-order valence-electron chi connectivity index (χ1n) is 14.0. The van der Waals surface area contributed by atoms with E-state index in [1.807, 2.05) is 0 Å². The normalized spacial score (nSPS) is 17.4. The number of ether oxygens (including phenoxy) is 1. The van der Waals surface area contributed by atoms with E-state index in [1.54, 1.807) is 39.0 Å². The second-order valence-corrected chi connectivity index (χ2v) is 13.3. The van der Waals surface area contributed by atoms with Crippen LogP contribution in [0, 0.1) is 23.5 Å². The number of amides is 1. The lowest BCUT2D eigenvalue weighted by molar-refractivity contribution is 0.0491. The van der Waals surface area contributed by atoms with Gasteiger partial charge in [-0.1, -0.05) is 26.2 Å². The zero-order valence-corrected chi connectivity index (χ0v) is 26.4. The van der Waals surface area contributed by atoms with Crippen LogP contribution in [0.5, 0.6) is 5.75 Å². The van der Waals surface area contributed by atoms with Crippen molar-refractivity contribution < 1.29 is 36.9 Å². The molecule has 1 fully saturated rings. The number of phenols is 1. The molecule has 44 heavy (non-hydrogen) atoms. The highest BCUT2D eigenvalue weighted by Gasteiger charge is 2.32. The van der Waals surface area contributed by atoms with Crippen molar-refractivity contribution in [3.8, 4) is 5.75 Å². The molecular formula is C31H42F2N4O6S. The first kappa shape index (κ1) is 36.2. The molecule has 10 nitrogen and oxygen atoms in total. The standard InChI is InChI=1S/C25H38N4O5S.C6H4F2O/c1-8-10-21(9-2)34-15-22(30)18(6)27-25(31)19-12-23(26-14-20-11-17(20)5)28-24(13-19)29(7)35(32,33)16(3)4;7-4-1-5(8)3-6(9)2-4/h8-10,12-13,16-18,20,22,30H,1-2,11,14-15H2,3-7H3,(H,26,28)(H,27,31);1-3,9H/b21-10+;/t17-,18-,20+,22-;/m0./s1. The fraction of sp³-hybridized carbons (Fsp3) is 0.419. The van der Waals surface area contributed by atoms with E-state index in [4.69, 9.17) is 9.84 Å². The predicted octanol–water partition coefficient (Wildman–Crippen LogP) is 4.75. The topological polar surface area (TPSA) is 141 Å². The van der Waals surface area contributed by atoms with Crippen LogP contribution >= 0.6 is 0 Å². The van der Waals surface area contributed by atoms with Crippen molar-refractivity contribution in [1.82, 2.24) is 10.3 Å². The molecule has 1 aromatic carbocycles. The summed E-state index contributed by atoms with van der Waals surface area (Å²) in [5.41, 5.74) is 0.227. The average molecular weight is 637 g/mol. The van der Waals surface area contributed by atoms with Gasteiger partial charge < -0.3 is 25.6 Å². The van der Waals surface area contributed by atoms with Crippen molar-refractivity contribution in [2.75, 3.05) is 29.8 Å². The van der Waals surface area contributed by atoms with Gasteiger partial charge in [0.25, 0.3) is 5.91 Å². The minimum absolute atomic E-state index is 0.0590. The van der Waals surface area contributed by atoms with Crippen LogP contribution in [0.1, 0.15) is 44.5 Å². The number of carbonyl (C=O) groups excluding carboxylic acids is 1. The van der Waals surface area contributed by atoms with Gasteiger partial charge in [0.15, 0.2) is 0 Å². The molecule has 2 aromatic rings. The number of benzene rings is 1. The lowest BCUT2D eigenvalue weighted by atomic mass is 10.1. The number of aliphatic hydroxyl groups is 1. The van der Waals surface area contributed by atoms with Gasteiger partial charge in [-0.05, 0) is 63.3 Å². The fourth-order valence-electron chi connectivity index (χ4n) is 3.81. The van der Waals surface area contributed by atoms with Crippen LogP contribution in [0.2, 0.25) is 0 Å². The first-order valence-corrected chi connectivity index (χ1v) is 15.5. The summed E-state index contributed by atoms with van der Waals surface area (Å²) in [6.07, 6.45) is 4.77. The van der Waals surface area contributed by atoms with E-state index in [0.29, 0.717) is 36.0 Å². The molecule has 1 aliphatic rings. The molecule has 0 saturated heterocycles. The Morgan fingerprint density at radius 1 is 1.18 bits per heavy atom. The number of aromatic nitrogens is 1. The molecule has 0 spiro atoms. The Kier molecular flexibility index (Phi) is 13.3. The molecule has 4 atom stereocenters. The van der Waals surface area contributed by atoms with E-state index >= 15 is 0 Å². The second kappa shape index (κ2) is 16.2. The maximum absolute atomic E-state index is 13.0. The third kappa shape index (κ3) is 10.9. The molecule has 3 rings (SSSR count). The predicted molar refractivity (Wildman–Crippen MR) is 168 cm³/mol. The third-order valence-corrected chi connectivity index (χ3v) is 9.02. The third-order valence-electron chi connectivity index (χ3n) is 6.88. The smallest absolute Gasteiger partial charge is 0.251 e. The fourth-order valence-corrected chi connectivity index (χ4v) is 4.79. The number of rotatable bonds is 14. The van der Waals surface area contributed by atoms with Crippen LogP contribution in [0.3, 0.4) is 0 Å². The molecule has 1 amide bonds. The van der Waals surface area contributed by atoms with Gasteiger partial charge in [0, 0.05) is 37.4 Å². The van der Waals surface area contributed by atoms with E-state index in [-0.39, 0.29) is 18.0 Å². The van der Waals surface area contributed by atoms with Gasteiger partial charge in [0.1, 0.15) is 47.5 Å². The van der Waals surface area contributed by atoms with Crippen LogP contribution in [-0.4, -0.2) is 67.1 Å². The summed E-state index contributed by atoms with van der Waals surface area (Å²) in [5.74, 6) is -0.243. The molecule has 13 heteroatoms. The number of allylic oxidation sites excluding steroid dienone is 3. The molecule has 1 aliphatic carbocycles. The first-order chi connectivity index (χ1) is 20.6. The van der Waals surface area contributed by atoms with Crippen LogP contribution in [0.4, 0.5) is 20.4 Å². The van der Waals surface area contributed by atoms with Crippen LogP contribution in [0.25, 0.3) is 0 Å². The summed E-state index contributed by atoms with van der Waals surface area (Å²) in [6, 6.07) is 4.74. The zero-order chi connectivity index (χ0) is 33.2. The highest BCUT2D eigenvalue weighted by atomic mass is 32.2. The molecular weight excluding hydrogens is 594 g/mol. The maximum Gasteiger partial charge on any atom is 0.251 e. The number of sulfonamides is 1. The Hall–Kier alpha value is -3.97. The molecule has 1 heterocycles. The number of pyridine rings is 1. The van der Waals surface area contributed by atoms with Gasteiger partial charge in [-0.15, -0.1) is 0 Å². The lowest BCUT2D eigenvalue weighted by Crippen LogP contribution is -2.43. The van der Waals surface area contributed by atoms with Gasteiger partial charge in [0.2, 0.25) is 10.0 Å². The second-order valence-electron chi connectivity index (χ2n) is 10.8. The summed E-state index contributed by atoms with van der Waals surface area (Å²) in [4.78, 5) is 17.5. The van der Waals surface area contributed by atoms with Gasteiger partial charge >= 0.3 is 0 Å². The molecule has 4 N–H and O–H groups in total. The number of nitrogens with one attached hydrogen (secondary N) is 2. The van der Waals surface area contributed by atoms with Crippen molar-refractivity contribution in [2.45, 2.75) is 51.5 Å². The largest absolute Gasteiger partial charge is 0.508 e. The van der Waals surface area contributed by atoms with Crippen molar-refractivity contribution in [3.05, 3.63) is 84.7 Å². The highest BCUT2D eigenvalue weighted by Crippen LogP contribution is 2.37. The average Bonchev–Trinajstić information content (AvgIpc) is 3.67. The summed E-state index contributed by atoms with van der Waals surface area (Å²) < 4.78 is 56.0. The number of aromatic hydroxyl groups is 1. The molecule has 0 radical (unpaired) electrons. The van der Waals surface area contributed by atoms with Crippen LogP contribution in [-0.2, 0) is 14.8 Å². The van der Waals surface area contributed by atoms with Gasteiger partial charge in [0.05, 0.1) is 11.3 Å². The Morgan fingerprint density at radius 2 is 1.80 bits per heavy atom. The van der Waals surface area contributed by atoms with Crippen LogP contribution in [0.15, 0.2) is 67.5 Å². The van der Waals surface area contributed by atoms with Crippen molar-refractivity contribution in [3.63, 3.8) is 0 Å². The number of hydrogen-bond donors (Lipinski definition) is 4. The molecule has 1 aromatic heterocycles. The quantitative estimate of drug-likeness (QED) is 0.172. The van der Waals surface area contributed by atoms with Gasteiger partial charge in [-0.25, -0.2) is 22.2 Å². The number of phenolic OH excluding ortho intramolecular Hbond substituents is 1. The van der Waals surface area contributed by atoms with Crippen molar-refractivity contribution >= 4 is 27.6 Å². The summed E-state index contributed by atoms with van der Waals surface area (Å²) >= 11 is 0. The van der Waals surface area contributed by atoms with E-state index in [1.165, 1.54) is 19.2 Å². The Labute approximate surface area is 258 Å². The minimum atomic E-state index is -3.64. The highest BCUT2D eigenvalue weighted by molar-refractivity contribution is 7.93. The molecule has 1 saturated carbocycles. The van der Waals surface area contributed by atoms with E-state index in [9.17, 15) is 27.1 Å². The summed E-state index contributed by atoms with van der Waals surface area (Å²) in [6.45, 7) is 14.8. The summed E-state index contributed by atoms with van der Waals surface area (Å²) in [7, 11) is -2.22. The number of anilines is 2. The zero-order valence-electron chi connectivity index (χ0n) is 25.6. The number of aliphatic hydroxyl groups excluding tert-OH is 1. The Bertz CT molecular complexity index is 1400. The number of halogens is 2. The SMILES string of the molecule is C=C/C=C(\C=C)OC[C@H](O)[C@H](C)NC(=O)c1cc(NC[C@H]2C[C@@H]2C)nc(N(C)S(=O)(=O)C(C)C)c1.Oc1cc(F)cc(F)c1. The van der Waals surface area contributed by atoms with E-state index in [0.717, 1.165) is 22.9 Å². The summed E-state index contributed by atoms with van der Waals surface area (Å²) in [5, 5.41) is 24.3. The van der Waals surface area contributed by atoms with Crippen molar-refractivity contribution in [2.24, 2.45) is 11.8 Å². The van der Waals surface area contributed by atoms with Gasteiger partial charge in [-0.3, -0.25) is 9.10 Å². The Morgan fingerprint density at radius 3 is 2.30 bits per heavy atom. The van der Waals surface area contributed by atoms with Crippen LogP contribution < -0.4 is 14.9 Å². The number of carbonyl (C=O) groups is 1. The Balaban J connectivity index is 0.000000639. The maximum atomic E-state index is 13.0. The van der Waals surface area contributed by atoms with Crippen molar-refractivity contribution in [1.29, 1.82) is 0 Å². The van der Waals surface area contributed by atoms with E-state index < -0.39 is 50.7 Å². The van der Waals surface area contributed by atoms with Gasteiger partial charge in [-0.2, -0.15) is 0 Å². The monoisotopic (exact) mass is 636 g/mol. The minimum Gasteiger partial charge on any atom is -0.508 e. The molecule has 0 unspecified atom stereocenters. The number of hydrogen-bond acceptors (Lipinski definition) is 8. The van der Waals surface area contributed by atoms with E-state index in [2.05, 4.69) is 35.7 Å². The molecule has 0 bridgehead atoms. The lowest BCUT2D eigenvalue weighted by Gasteiger charge is -2.23. The molecule has 242 valence electrons. The molecule has 0 aliphatic heterocycles. The number of nitrogens with zero attached hydrogens (tertiary/aromatic N) is 2.